The fourth-order valence-electron chi connectivity index (χ4n) is 2.49. The number of rotatable bonds is 4. The molecule has 1 aromatic heterocycles. The zero-order valence-electron chi connectivity index (χ0n) is 11.0. The minimum Gasteiger partial charge on any atom is -0.368 e. The van der Waals surface area contributed by atoms with Crippen molar-refractivity contribution in [3.05, 3.63) is 17.0 Å². The van der Waals surface area contributed by atoms with Gasteiger partial charge in [0.25, 0.3) is 0 Å². The first kappa shape index (κ1) is 13.9. The van der Waals surface area contributed by atoms with E-state index in [0.717, 1.165) is 17.9 Å². The predicted molar refractivity (Wildman–Crippen MR) is 79.6 cm³/mol. The molecule has 1 aromatic rings. The number of aryl methyl sites for hydroxylation is 1. The van der Waals surface area contributed by atoms with E-state index in [1.807, 2.05) is 18.7 Å². The summed E-state index contributed by atoms with van der Waals surface area (Å²) in [5.41, 5.74) is 1.05. The van der Waals surface area contributed by atoms with Crippen molar-refractivity contribution in [1.29, 1.82) is 0 Å². The Labute approximate surface area is 118 Å². The van der Waals surface area contributed by atoms with Crippen LogP contribution in [0.4, 0.5) is 5.82 Å². The van der Waals surface area contributed by atoms with Crippen LogP contribution in [-0.2, 0) is 0 Å². The number of halogens is 1. The molecule has 0 unspecified atom stereocenters. The zero-order valence-corrected chi connectivity index (χ0v) is 12.6. The molecule has 1 fully saturated rings. The molecule has 5 heteroatoms. The molecular formula is C13H20ClN3S. The van der Waals surface area contributed by atoms with Crippen molar-refractivity contribution in [3.8, 4) is 0 Å². The fourth-order valence-corrected chi connectivity index (χ4v) is 3.54. The quantitative estimate of drug-likeness (QED) is 0.851. The Kier molecular flexibility index (Phi) is 4.73. The Morgan fingerprint density at radius 1 is 1.39 bits per heavy atom. The standard InChI is InChI=1S/C13H20ClN3S/c1-10-8-15-12(14)17-11(10)16-9-13(18-2)6-4-3-5-7-13/h8H,3-7,9H2,1-2H3,(H,15,16,17). The van der Waals surface area contributed by atoms with Gasteiger partial charge >= 0.3 is 0 Å². The summed E-state index contributed by atoms with van der Waals surface area (Å²) < 4.78 is 0.363. The van der Waals surface area contributed by atoms with Crippen LogP contribution in [0.5, 0.6) is 0 Å². The van der Waals surface area contributed by atoms with Crippen molar-refractivity contribution in [1.82, 2.24) is 9.97 Å². The maximum absolute atomic E-state index is 5.84. The summed E-state index contributed by atoms with van der Waals surface area (Å²) in [7, 11) is 0. The normalized spacial score (nSPS) is 18.6. The van der Waals surface area contributed by atoms with Gasteiger partial charge in [-0.15, -0.1) is 0 Å². The van der Waals surface area contributed by atoms with Crippen molar-refractivity contribution < 1.29 is 0 Å². The summed E-state index contributed by atoms with van der Waals surface area (Å²) in [5, 5.41) is 3.77. The fraction of sp³-hybridized carbons (Fsp3) is 0.692. The predicted octanol–water partition coefficient (Wildman–Crippen LogP) is 3.92. The molecule has 0 aliphatic heterocycles. The summed E-state index contributed by atoms with van der Waals surface area (Å²) >= 11 is 7.82. The minimum absolute atomic E-state index is 0.310. The smallest absolute Gasteiger partial charge is 0.224 e. The molecule has 0 amide bonds. The maximum Gasteiger partial charge on any atom is 0.224 e. The minimum atomic E-state index is 0.310. The van der Waals surface area contributed by atoms with Crippen LogP contribution >= 0.6 is 23.4 Å². The lowest BCUT2D eigenvalue weighted by atomic mass is 9.88. The Balaban J connectivity index is 2.03. The van der Waals surface area contributed by atoms with Crippen molar-refractivity contribution in [3.63, 3.8) is 0 Å². The first-order valence-electron chi connectivity index (χ1n) is 6.43. The van der Waals surface area contributed by atoms with Crippen LogP contribution in [0.2, 0.25) is 5.28 Å². The number of thioether (sulfide) groups is 1. The second-order valence-electron chi connectivity index (χ2n) is 4.97. The van der Waals surface area contributed by atoms with Crippen LogP contribution in [0, 0.1) is 6.92 Å². The third-order valence-electron chi connectivity index (χ3n) is 3.72. The second-order valence-corrected chi connectivity index (χ2v) is 6.58. The molecule has 1 heterocycles. The highest BCUT2D eigenvalue weighted by Crippen LogP contribution is 2.38. The van der Waals surface area contributed by atoms with Gasteiger partial charge in [0.2, 0.25) is 5.28 Å². The van der Waals surface area contributed by atoms with E-state index in [1.54, 1.807) is 6.20 Å². The Hall–Kier alpha value is -0.480. The third kappa shape index (κ3) is 3.29. The lowest BCUT2D eigenvalue weighted by Crippen LogP contribution is -2.35. The number of nitrogens with one attached hydrogen (secondary N) is 1. The van der Waals surface area contributed by atoms with Gasteiger partial charge in [0, 0.05) is 23.1 Å². The van der Waals surface area contributed by atoms with Gasteiger partial charge in [-0.2, -0.15) is 11.8 Å². The van der Waals surface area contributed by atoms with Gasteiger partial charge in [0.1, 0.15) is 5.82 Å². The molecule has 0 spiro atoms. The van der Waals surface area contributed by atoms with Gasteiger partial charge in [-0.1, -0.05) is 19.3 Å². The lowest BCUT2D eigenvalue weighted by molar-refractivity contribution is 0.411. The van der Waals surface area contributed by atoms with Crippen molar-refractivity contribution in [2.45, 2.75) is 43.8 Å². The van der Waals surface area contributed by atoms with Crippen molar-refractivity contribution in [2.75, 3.05) is 18.1 Å². The molecule has 0 aromatic carbocycles. The highest BCUT2D eigenvalue weighted by molar-refractivity contribution is 8.00. The maximum atomic E-state index is 5.84. The average Bonchev–Trinajstić information content (AvgIpc) is 2.41. The summed E-state index contributed by atoms with van der Waals surface area (Å²) in [4.78, 5) is 8.24. The summed E-state index contributed by atoms with van der Waals surface area (Å²) in [6.07, 6.45) is 10.6. The first-order chi connectivity index (χ1) is 8.65. The van der Waals surface area contributed by atoms with Gasteiger partial charge in [-0.05, 0) is 37.6 Å². The Morgan fingerprint density at radius 3 is 2.78 bits per heavy atom. The van der Waals surface area contributed by atoms with Gasteiger partial charge < -0.3 is 5.32 Å². The van der Waals surface area contributed by atoms with E-state index in [-0.39, 0.29) is 0 Å². The highest BCUT2D eigenvalue weighted by Gasteiger charge is 2.31. The van der Waals surface area contributed by atoms with E-state index in [0.29, 0.717) is 10.0 Å². The molecule has 1 saturated carbocycles. The topological polar surface area (TPSA) is 37.8 Å². The number of nitrogens with zero attached hydrogens (tertiary/aromatic N) is 2. The first-order valence-corrected chi connectivity index (χ1v) is 8.04. The zero-order chi connectivity index (χ0) is 13.0. The number of hydrogen-bond acceptors (Lipinski definition) is 4. The van der Waals surface area contributed by atoms with Crippen LogP contribution in [0.25, 0.3) is 0 Å². The summed E-state index contributed by atoms with van der Waals surface area (Å²) in [6.45, 7) is 2.97. The van der Waals surface area contributed by atoms with Gasteiger partial charge in [0.05, 0.1) is 0 Å². The SMILES string of the molecule is CSC1(CNc2nc(Cl)ncc2C)CCCCC1. The largest absolute Gasteiger partial charge is 0.368 e. The van der Waals surface area contributed by atoms with Crippen molar-refractivity contribution in [2.24, 2.45) is 0 Å². The van der Waals surface area contributed by atoms with Gasteiger partial charge in [0.15, 0.2) is 0 Å². The summed E-state index contributed by atoms with van der Waals surface area (Å²) in [5.74, 6) is 0.869. The van der Waals surface area contributed by atoms with Crippen LogP contribution in [0.15, 0.2) is 6.20 Å². The molecule has 1 N–H and O–H groups in total. The molecular weight excluding hydrogens is 266 g/mol. The van der Waals surface area contributed by atoms with E-state index >= 15 is 0 Å². The van der Waals surface area contributed by atoms with Crippen LogP contribution in [-0.4, -0.2) is 27.5 Å². The lowest BCUT2D eigenvalue weighted by Gasteiger charge is -2.36. The highest BCUT2D eigenvalue weighted by atomic mass is 35.5. The van der Waals surface area contributed by atoms with E-state index in [2.05, 4.69) is 21.5 Å². The van der Waals surface area contributed by atoms with E-state index in [1.165, 1.54) is 32.1 Å². The molecule has 0 saturated heterocycles. The molecule has 3 nitrogen and oxygen atoms in total. The molecule has 1 aliphatic carbocycles. The van der Waals surface area contributed by atoms with E-state index < -0.39 is 0 Å². The monoisotopic (exact) mass is 285 g/mol. The number of anilines is 1. The molecule has 1 aliphatic rings. The van der Waals surface area contributed by atoms with E-state index in [9.17, 15) is 0 Å². The third-order valence-corrected chi connectivity index (χ3v) is 5.32. The van der Waals surface area contributed by atoms with Crippen molar-refractivity contribution >= 4 is 29.2 Å². The molecule has 0 radical (unpaired) electrons. The van der Waals surface area contributed by atoms with Crippen LogP contribution in [0.3, 0.4) is 0 Å². The number of hydrogen-bond donors (Lipinski definition) is 1. The molecule has 0 bridgehead atoms. The molecule has 0 atom stereocenters. The number of aromatic nitrogens is 2. The average molecular weight is 286 g/mol. The molecule has 18 heavy (non-hydrogen) atoms. The van der Waals surface area contributed by atoms with Gasteiger partial charge in [-0.3, -0.25) is 0 Å². The van der Waals surface area contributed by atoms with E-state index in [4.69, 9.17) is 11.6 Å². The molecule has 2 rings (SSSR count). The Bertz CT molecular complexity index is 405. The molecule has 100 valence electrons. The van der Waals surface area contributed by atoms with Crippen LogP contribution in [0.1, 0.15) is 37.7 Å². The Morgan fingerprint density at radius 2 is 2.11 bits per heavy atom. The second kappa shape index (κ2) is 6.11. The summed E-state index contributed by atoms with van der Waals surface area (Å²) in [6, 6.07) is 0. The van der Waals surface area contributed by atoms with Gasteiger partial charge in [-0.25, -0.2) is 9.97 Å². The van der Waals surface area contributed by atoms with Crippen LogP contribution < -0.4 is 5.32 Å².